The van der Waals surface area contributed by atoms with Crippen molar-refractivity contribution in [2.45, 2.75) is 13.0 Å². The summed E-state index contributed by atoms with van der Waals surface area (Å²) in [7, 11) is 1.98. The van der Waals surface area contributed by atoms with E-state index in [4.69, 9.17) is 5.41 Å². The van der Waals surface area contributed by atoms with Crippen molar-refractivity contribution >= 4 is 17.6 Å². The maximum Gasteiger partial charge on any atom is 0.128 e. The van der Waals surface area contributed by atoms with Crippen LogP contribution in [0.25, 0.3) is 0 Å². The molecule has 3 heteroatoms. The number of rotatable bonds is 4. The molecule has 1 aromatic carbocycles. The van der Waals surface area contributed by atoms with Crippen LogP contribution in [0.1, 0.15) is 12.5 Å². The molecule has 0 amide bonds. The van der Waals surface area contributed by atoms with Gasteiger partial charge in [-0.15, -0.1) is 0 Å². The maximum atomic E-state index is 8.06. The van der Waals surface area contributed by atoms with E-state index in [1.54, 1.807) is 0 Å². The van der Waals surface area contributed by atoms with Gasteiger partial charge >= 0.3 is 0 Å². The molecule has 1 unspecified atom stereocenters. The molecular formula is C12H18N2S. The number of hydrogen-bond acceptors (Lipinski definition) is 2. The molecule has 1 N–H and O–H groups in total. The molecule has 0 saturated carbocycles. The second kappa shape index (κ2) is 5.81. The number of amidine groups is 1. The highest BCUT2D eigenvalue weighted by molar-refractivity contribution is 7.98. The van der Waals surface area contributed by atoms with Crippen LogP contribution in [0.5, 0.6) is 0 Å². The summed E-state index contributed by atoms with van der Waals surface area (Å²) in [6, 6.07) is 10.3. The van der Waals surface area contributed by atoms with Crippen LogP contribution in [-0.4, -0.2) is 35.8 Å². The third-order valence-electron chi connectivity index (χ3n) is 2.47. The van der Waals surface area contributed by atoms with Crippen molar-refractivity contribution in [3.63, 3.8) is 0 Å². The van der Waals surface area contributed by atoms with Gasteiger partial charge in [0, 0.05) is 24.4 Å². The van der Waals surface area contributed by atoms with E-state index in [2.05, 4.69) is 13.2 Å². The standard InChI is InChI=1S/C12H18N2S/c1-10(9-15-3)14(2)12(13)11-7-5-4-6-8-11/h4-8,10,13H,9H2,1-3H3. The van der Waals surface area contributed by atoms with Crippen molar-refractivity contribution in [3.8, 4) is 0 Å². The number of thioether (sulfide) groups is 1. The molecule has 0 bridgehead atoms. The minimum atomic E-state index is 0.396. The van der Waals surface area contributed by atoms with E-state index in [0.717, 1.165) is 11.3 Å². The molecule has 0 aliphatic rings. The zero-order valence-electron chi connectivity index (χ0n) is 9.53. The first kappa shape index (κ1) is 12.1. The van der Waals surface area contributed by atoms with Crippen molar-refractivity contribution in [1.29, 1.82) is 5.41 Å². The van der Waals surface area contributed by atoms with Crippen LogP contribution in [0.15, 0.2) is 30.3 Å². The first-order valence-electron chi connectivity index (χ1n) is 5.02. The Kier molecular flexibility index (Phi) is 4.69. The molecule has 2 nitrogen and oxygen atoms in total. The average Bonchev–Trinajstić information content (AvgIpc) is 2.28. The first-order valence-corrected chi connectivity index (χ1v) is 6.42. The van der Waals surface area contributed by atoms with Gasteiger partial charge in [0.1, 0.15) is 5.84 Å². The fraction of sp³-hybridized carbons (Fsp3) is 0.417. The molecule has 0 aliphatic heterocycles. The number of hydrogen-bond donors (Lipinski definition) is 1. The van der Waals surface area contributed by atoms with E-state index in [-0.39, 0.29) is 0 Å². The van der Waals surface area contributed by atoms with E-state index in [1.165, 1.54) is 0 Å². The fourth-order valence-electron chi connectivity index (χ4n) is 1.37. The van der Waals surface area contributed by atoms with Crippen LogP contribution >= 0.6 is 11.8 Å². The Morgan fingerprint density at radius 2 is 2.00 bits per heavy atom. The zero-order chi connectivity index (χ0) is 11.3. The summed E-state index contributed by atoms with van der Waals surface area (Å²) in [5.41, 5.74) is 0.980. The van der Waals surface area contributed by atoms with Gasteiger partial charge in [0.05, 0.1) is 0 Å². The minimum absolute atomic E-state index is 0.396. The Morgan fingerprint density at radius 3 is 2.53 bits per heavy atom. The first-order chi connectivity index (χ1) is 7.16. The lowest BCUT2D eigenvalue weighted by molar-refractivity contribution is 0.421. The number of nitrogens with one attached hydrogen (secondary N) is 1. The van der Waals surface area contributed by atoms with Gasteiger partial charge < -0.3 is 4.90 Å². The summed E-state index contributed by atoms with van der Waals surface area (Å²) in [6.45, 7) is 2.15. The second-order valence-electron chi connectivity index (χ2n) is 3.63. The summed E-state index contributed by atoms with van der Waals surface area (Å²) >= 11 is 1.81. The molecule has 0 aromatic heterocycles. The van der Waals surface area contributed by atoms with Gasteiger partial charge in [-0.25, -0.2) is 0 Å². The summed E-state index contributed by atoms with van der Waals surface area (Å²) in [5, 5.41) is 8.06. The van der Waals surface area contributed by atoms with E-state index in [9.17, 15) is 0 Å². The van der Waals surface area contributed by atoms with Crippen molar-refractivity contribution in [3.05, 3.63) is 35.9 Å². The SMILES string of the molecule is CSCC(C)N(C)C(=N)c1ccccc1. The highest BCUT2D eigenvalue weighted by Gasteiger charge is 2.12. The van der Waals surface area contributed by atoms with E-state index in [0.29, 0.717) is 11.9 Å². The van der Waals surface area contributed by atoms with Gasteiger partial charge in [0.25, 0.3) is 0 Å². The predicted molar refractivity (Wildman–Crippen MR) is 68.9 cm³/mol. The molecule has 1 rings (SSSR count). The van der Waals surface area contributed by atoms with Crippen molar-refractivity contribution in [2.24, 2.45) is 0 Å². The van der Waals surface area contributed by atoms with Crippen LogP contribution < -0.4 is 0 Å². The molecule has 82 valence electrons. The topological polar surface area (TPSA) is 27.1 Å². The molecule has 0 heterocycles. The average molecular weight is 222 g/mol. The minimum Gasteiger partial charge on any atom is -0.356 e. The Bertz CT molecular complexity index is 311. The summed E-state index contributed by atoms with van der Waals surface area (Å²) in [5.74, 6) is 1.64. The molecular weight excluding hydrogens is 204 g/mol. The third kappa shape index (κ3) is 3.27. The van der Waals surface area contributed by atoms with Gasteiger partial charge in [0.15, 0.2) is 0 Å². The molecule has 15 heavy (non-hydrogen) atoms. The Labute approximate surface area is 96.2 Å². The van der Waals surface area contributed by atoms with Gasteiger partial charge in [0.2, 0.25) is 0 Å². The maximum absolute atomic E-state index is 8.06. The third-order valence-corrected chi connectivity index (χ3v) is 3.28. The van der Waals surface area contributed by atoms with Crippen LogP contribution in [0.4, 0.5) is 0 Å². The second-order valence-corrected chi connectivity index (χ2v) is 4.54. The molecule has 1 atom stereocenters. The Hall–Kier alpha value is -0.960. The highest BCUT2D eigenvalue weighted by atomic mass is 32.2. The van der Waals surface area contributed by atoms with Crippen LogP contribution in [0, 0.1) is 5.41 Å². The summed E-state index contributed by atoms with van der Waals surface area (Å²) in [6.07, 6.45) is 2.09. The summed E-state index contributed by atoms with van der Waals surface area (Å²) < 4.78 is 0. The Balaban J connectivity index is 2.69. The van der Waals surface area contributed by atoms with Crippen LogP contribution in [0.3, 0.4) is 0 Å². The van der Waals surface area contributed by atoms with E-state index >= 15 is 0 Å². The molecule has 0 spiro atoms. The smallest absolute Gasteiger partial charge is 0.128 e. The lowest BCUT2D eigenvalue weighted by Crippen LogP contribution is -2.36. The number of nitrogens with zero attached hydrogens (tertiary/aromatic N) is 1. The lowest BCUT2D eigenvalue weighted by atomic mass is 10.2. The Morgan fingerprint density at radius 1 is 1.40 bits per heavy atom. The number of benzene rings is 1. The predicted octanol–water partition coefficient (Wildman–Crippen LogP) is 2.70. The van der Waals surface area contributed by atoms with E-state index < -0.39 is 0 Å². The van der Waals surface area contributed by atoms with Crippen LogP contribution in [0.2, 0.25) is 0 Å². The monoisotopic (exact) mass is 222 g/mol. The molecule has 1 aromatic rings. The van der Waals surface area contributed by atoms with Gasteiger partial charge in [-0.2, -0.15) is 11.8 Å². The van der Waals surface area contributed by atoms with Gasteiger partial charge in [-0.3, -0.25) is 5.41 Å². The van der Waals surface area contributed by atoms with Crippen molar-refractivity contribution < 1.29 is 0 Å². The highest BCUT2D eigenvalue weighted by Crippen LogP contribution is 2.09. The van der Waals surface area contributed by atoms with Crippen molar-refractivity contribution in [2.75, 3.05) is 19.1 Å². The summed E-state index contributed by atoms with van der Waals surface area (Å²) in [4.78, 5) is 2.02. The van der Waals surface area contributed by atoms with Gasteiger partial charge in [-0.05, 0) is 13.2 Å². The lowest BCUT2D eigenvalue weighted by Gasteiger charge is -2.26. The normalized spacial score (nSPS) is 12.2. The molecule has 0 aliphatic carbocycles. The van der Waals surface area contributed by atoms with Gasteiger partial charge in [-0.1, -0.05) is 30.3 Å². The largest absolute Gasteiger partial charge is 0.356 e. The van der Waals surface area contributed by atoms with Crippen LogP contribution in [-0.2, 0) is 0 Å². The van der Waals surface area contributed by atoms with E-state index in [1.807, 2.05) is 54.0 Å². The van der Waals surface area contributed by atoms with Crippen molar-refractivity contribution in [1.82, 2.24) is 4.90 Å². The zero-order valence-corrected chi connectivity index (χ0v) is 10.3. The molecule has 0 saturated heterocycles. The fourth-order valence-corrected chi connectivity index (χ4v) is 2.08. The quantitative estimate of drug-likeness (QED) is 0.626. The molecule has 0 fully saturated rings. The molecule has 0 radical (unpaired) electrons.